The van der Waals surface area contributed by atoms with Crippen molar-refractivity contribution in [2.45, 2.75) is 25.9 Å². The third-order valence-electron chi connectivity index (χ3n) is 2.56. The van der Waals surface area contributed by atoms with Gasteiger partial charge in [-0.05, 0) is 31.7 Å². The van der Waals surface area contributed by atoms with Crippen molar-refractivity contribution in [3.8, 4) is 6.07 Å². The lowest BCUT2D eigenvalue weighted by molar-refractivity contribution is 0.252. The Kier molecular flexibility index (Phi) is 4.72. The van der Waals surface area contributed by atoms with Gasteiger partial charge in [-0.25, -0.2) is 4.39 Å². The Morgan fingerprint density at radius 1 is 1.56 bits per heavy atom. The van der Waals surface area contributed by atoms with Crippen molar-refractivity contribution in [3.05, 3.63) is 34.6 Å². The van der Waals surface area contributed by atoms with Crippen molar-refractivity contribution in [1.29, 1.82) is 5.26 Å². The van der Waals surface area contributed by atoms with Gasteiger partial charge in [0.1, 0.15) is 5.82 Å². The molecule has 0 aliphatic rings. The molecule has 0 saturated carbocycles. The van der Waals surface area contributed by atoms with E-state index >= 15 is 0 Å². The zero-order valence-corrected chi connectivity index (χ0v) is 10.1. The fraction of sp³-hybridized carbons (Fsp3) is 0.417. The monoisotopic (exact) mass is 240 g/mol. The van der Waals surface area contributed by atoms with E-state index in [9.17, 15) is 4.39 Å². The molecule has 1 unspecified atom stereocenters. The quantitative estimate of drug-likeness (QED) is 0.808. The Morgan fingerprint density at radius 2 is 2.25 bits per heavy atom. The second kappa shape index (κ2) is 5.83. The van der Waals surface area contributed by atoms with E-state index in [1.165, 1.54) is 6.07 Å². The molecule has 86 valence electrons. The van der Waals surface area contributed by atoms with E-state index in [1.807, 2.05) is 18.9 Å². The Labute approximate surface area is 100 Å². The summed E-state index contributed by atoms with van der Waals surface area (Å²) in [7, 11) is 1.93. The van der Waals surface area contributed by atoms with Crippen molar-refractivity contribution in [2.24, 2.45) is 0 Å². The lowest BCUT2D eigenvalue weighted by Crippen LogP contribution is -2.28. The maximum absolute atomic E-state index is 12.9. The van der Waals surface area contributed by atoms with Gasteiger partial charge in [0.05, 0.1) is 17.5 Å². The second-order valence-electron chi connectivity index (χ2n) is 3.87. The fourth-order valence-electron chi connectivity index (χ4n) is 1.37. The van der Waals surface area contributed by atoms with Crippen LogP contribution in [0.5, 0.6) is 0 Å². The molecule has 1 atom stereocenters. The molecule has 16 heavy (non-hydrogen) atoms. The lowest BCUT2D eigenvalue weighted by atomic mass is 10.1. The van der Waals surface area contributed by atoms with Crippen LogP contribution in [0.2, 0.25) is 5.02 Å². The largest absolute Gasteiger partial charge is 0.298 e. The van der Waals surface area contributed by atoms with Crippen LogP contribution in [0.4, 0.5) is 4.39 Å². The molecule has 0 aromatic heterocycles. The van der Waals surface area contributed by atoms with Gasteiger partial charge in [0.15, 0.2) is 0 Å². The molecule has 1 aromatic carbocycles. The van der Waals surface area contributed by atoms with Crippen LogP contribution in [0.25, 0.3) is 0 Å². The molecule has 0 heterocycles. The van der Waals surface area contributed by atoms with E-state index in [0.29, 0.717) is 13.0 Å². The summed E-state index contributed by atoms with van der Waals surface area (Å²) < 4.78 is 12.9. The molecule has 0 amide bonds. The number of halogens is 2. The molecule has 0 aliphatic heterocycles. The standard InChI is InChI=1S/C12H14ClFN2/c1-9(5-6-15)16(2)8-10-3-4-12(14)11(13)7-10/h3-4,7,9H,5,8H2,1-2H3. The molecule has 1 aromatic rings. The molecule has 2 nitrogen and oxygen atoms in total. The predicted molar refractivity (Wildman–Crippen MR) is 62.6 cm³/mol. The molecule has 0 radical (unpaired) electrons. The third-order valence-corrected chi connectivity index (χ3v) is 2.84. The van der Waals surface area contributed by atoms with Crippen LogP contribution in [0, 0.1) is 17.1 Å². The molecule has 0 aliphatic carbocycles. The summed E-state index contributed by atoms with van der Waals surface area (Å²) in [5.74, 6) is -0.404. The molecule has 0 saturated heterocycles. The molecule has 4 heteroatoms. The minimum atomic E-state index is -0.404. The molecule has 0 fully saturated rings. The Balaban J connectivity index is 2.66. The van der Waals surface area contributed by atoms with Gasteiger partial charge in [-0.1, -0.05) is 17.7 Å². The minimum absolute atomic E-state index is 0.138. The predicted octanol–water partition coefficient (Wildman–Crippen LogP) is 3.21. The highest BCUT2D eigenvalue weighted by molar-refractivity contribution is 6.30. The Hall–Kier alpha value is -1.11. The maximum atomic E-state index is 12.9. The Morgan fingerprint density at radius 3 is 2.81 bits per heavy atom. The van der Waals surface area contributed by atoms with Crippen molar-refractivity contribution < 1.29 is 4.39 Å². The smallest absolute Gasteiger partial charge is 0.141 e. The lowest BCUT2D eigenvalue weighted by Gasteiger charge is -2.22. The summed E-state index contributed by atoms with van der Waals surface area (Å²) in [5.41, 5.74) is 0.943. The van der Waals surface area contributed by atoms with E-state index in [4.69, 9.17) is 16.9 Å². The van der Waals surface area contributed by atoms with Crippen LogP contribution < -0.4 is 0 Å². The van der Waals surface area contributed by atoms with Crippen LogP contribution >= 0.6 is 11.6 Å². The topological polar surface area (TPSA) is 27.0 Å². The minimum Gasteiger partial charge on any atom is -0.298 e. The van der Waals surface area contributed by atoms with Crippen LogP contribution in [0.3, 0.4) is 0 Å². The highest BCUT2D eigenvalue weighted by Crippen LogP contribution is 2.17. The fourth-order valence-corrected chi connectivity index (χ4v) is 1.57. The summed E-state index contributed by atoms with van der Waals surface area (Å²) in [4.78, 5) is 2.03. The van der Waals surface area contributed by atoms with Gasteiger partial charge in [0.25, 0.3) is 0 Å². The van der Waals surface area contributed by atoms with Gasteiger partial charge in [0, 0.05) is 12.6 Å². The van der Waals surface area contributed by atoms with Gasteiger partial charge in [-0.3, -0.25) is 4.90 Å². The second-order valence-corrected chi connectivity index (χ2v) is 4.28. The highest BCUT2D eigenvalue weighted by atomic mass is 35.5. The summed E-state index contributed by atoms with van der Waals surface area (Å²) in [6.07, 6.45) is 0.478. The molecule has 1 rings (SSSR count). The first kappa shape index (κ1) is 13.0. The first-order valence-electron chi connectivity index (χ1n) is 5.05. The van der Waals surface area contributed by atoms with Gasteiger partial charge in [0.2, 0.25) is 0 Å². The summed E-state index contributed by atoms with van der Waals surface area (Å²) >= 11 is 5.69. The Bertz CT molecular complexity index is 400. The molecule has 0 bridgehead atoms. The van der Waals surface area contributed by atoms with Gasteiger partial charge in [-0.2, -0.15) is 5.26 Å². The van der Waals surface area contributed by atoms with Crippen molar-refractivity contribution >= 4 is 11.6 Å². The number of nitrogens with zero attached hydrogens (tertiary/aromatic N) is 2. The zero-order chi connectivity index (χ0) is 12.1. The normalized spacial score (nSPS) is 12.5. The highest BCUT2D eigenvalue weighted by Gasteiger charge is 2.10. The van der Waals surface area contributed by atoms with E-state index in [-0.39, 0.29) is 11.1 Å². The SMILES string of the molecule is CC(CC#N)N(C)Cc1ccc(F)c(Cl)c1. The van der Waals surface area contributed by atoms with E-state index in [0.717, 1.165) is 5.56 Å². The van der Waals surface area contributed by atoms with Crippen molar-refractivity contribution in [2.75, 3.05) is 7.05 Å². The average molecular weight is 241 g/mol. The third kappa shape index (κ3) is 3.48. The van der Waals surface area contributed by atoms with Gasteiger partial charge >= 0.3 is 0 Å². The van der Waals surface area contributed by atoms with Crippen LogP contribution in [-0.4, -0.2) is 18.0 Å². The number of rotatable bonds is 4. The van der Waals surface area contributed by atoms with Gasteiger partial charge in [-0.15, -0.1) is 0 Å². The van der Waals surface area contributed by atoms with Crippen LogP contribution in [0.1, 0.15) is 18.9 Å². The number of hydrogen-bond acceptors (Lipinski definition) is 2. The van der Waals surface area contributed by atoms with Crippen LogP contribution in [0.15, 0.2) is 18.2 Å². The molecule has 0 N–H and O–H groups in total. The molecular formula is C12H14ClFN2. The zero-order valence-electron chi connectivity index (χ0n) is 9.37. The van der Waals surface area contributed by atoms with Crippen LogP contribution in [-0.2, 0) is 6.54 Å². The van der Waals surface area contributed by atoms with Gasteiger partial charge < -0.3 is 0 Å². The van der Waals surface area contributed by atoms with E-state index in [2.05, 4.69) is 6.07 Å². The van der Waals surface area contributed by atoms with Crippen molar-refractivity contribution in [3.63, 3.8) is 0 Å². The average Bonchev–Trinajstić information content (AvgIpc) is 2.24. The molecular weight excluding hydrogens is 227 g/mol. The first-order chi connectivity index (χ1) is 7.54. The number of nitriles is 1. The van der Waals surface area contributed by atoms with E-state index in [1.54, 1.807) is 12.1 Å². The first-order valence-corrected chi connectivity index (χ1v) is 5.43. The van der Waals surface area contributed by atoms with Crippen molar-refractivity contribution in [1.82, 2.24) is 4.90 Å². The summed E-state index contributed by atoms with van der Waals surface area (Å²) in [5, 5.41) is 8.72. The number of hydrogen-bond donors (Lipinski definition) is 0. The number of benzene rings is 1. The summed E-state index contributed by atoms with van der Waals surface area (Å²) in [6.45, 7) is 2.64. The van der Waals surface area contributed by atoms with E-state index < -0.39 is 5.82 Å². The molecule has 0 spiro atoms. The maximum Gasteiger partial charge on any atom is 0.141 e. The summed E-state index contributed by atoms with van der Waals surface area (Å²) in [6, 6.07) is 6.99.